The standard InChI is InChI=1S/Ag.H2NO2S/c;1-4(2)3/h;1H,(H,2,3)/q+1;-1/p-1. The third-order valence-corrected chi connectivity index (χ3v) is 0. The molecule has 3 nitrogen and oxygen atoms in total. The molecule has 0 radical (unpaired) electrons. The van der Waals surface area contributed by atoms with Crippen LogP contribution in [0.2, 0.25) is 0 Å². The van der Waals surface area contributed by atoms with Crippen molar-refractivity contribution in [3.8, 4) is 0 Å². The van der Waals surface area contributed by atoms with Gasteiger partial charge in [-0.3, -0.25) is 4.21 Å². The molecule has 0 saturated heterocycles. The summed E-state index contributed by atoms with van der Waals surface area (Å²) in [5.74, 6) is 0. The SMILES string of the molecule is [Ag+].[NH-]S(=O)[O-]. The van der Waals surface area contributed by atoms with Gasteiger partial charge in [0.15, 0.2) is 0 Å². The fourth-order valence-corrected chi connectivity index (χ4v) is 0. The van der Waals surface area contributed by atoms with Crippen LogP contribution in [-0.4, -0.2) is 8.76 Å². The van der Waals surface area contributed by atoms with Crippen LogP contribution in [0.5, 0.6) is 0 Å². The van der Waals surface area contributed by atoms with Crippen molar-refractivity contribution in [1.29, 1.82) is 0 Å². The maximum atomic E-state index is 8.67. The average Bonchev–Trinajstić information content (AvgIpc) is 0.811. The zero-order valence-corrected chi connectivity index (χ0v) is 4.33. The van der Waals surface area contributed by atoms with E-state index in [1.54, 1.807) is 0 Å². The smallest absolute Gasteiger partial charge is 0.789 e. The van der Waals surface area contributed by atoms with E-state index in [1.807, 2.05) is 0 Å². The molecule has 1 atom stereocenters. The van der Waals surface area contributed by atoms with Gasteiger partial charge in [-0.15, -0.1) is 0 Å². The van der Waals surface area contributed by atoms with Gasteiger partial charge in [0.05, 0.1) is 0 Å². The maximum Gasteiger partial charge on any atom is 1.00 e. The molecule has 5 heteroatoms. The topological polar surface area (TPSA) is 63.9 Å². The van der Waals surface area contributed by atoms with E-state index in [0.717, 1.165) is 0 Å². The van der Waals surface area contributed by atoms with E-state index in [0.29, 0.717) is 0 Å². The van der Waals surface area contributed by atoms with Crippen molar-refractivity contribution in [1.82, 2.24) is 0 Å². The third kappa shape index (κ3) is 57.9. The van der Waals surface area contributed by atoms with Crippen molar-refractivity contribution in [2.75, 3.05) is 0 Å². The largest absolute Gasteiger partial charge is 1.00 e. The summed E-state index contributed by atoms with van der Waals surface area (Å²) in [6.45, 7) is 0. The van der Waals surface area contributed by atoms with E-state index in [2.05, 4.69) is 0 Å². The molecule has 0 amide bonds. The van der Waals surface area contributed by atoms with Gasteiger partial charge >= 0.3 is 22.4 Å². The van der Waals surface area contributed by atoms with E-state index in [-0.39, 0.29) is 22.4 Å². The van der Waals surface area contributed by atoms with Crippen molar-refractivity contribution < 1.29 is 31.1 Å². The number of rotatable bonds is 0. The van der Waals surface area contributed by atoms with Gasteiger partial charge in [-0.05, 0) is 0 Å². The van der Waals surface area contributed by atoms with Crippen LogP contribution in [0.25, 0.3) is 5.14 Å². The number of nitrogens with one attached hydrogen (secondary N) is 1. The molecule has 0 rings (SSSR count). The van der Waals surface area contributed by atoms with Crippen LogP contribution >= 0.6 is 0 Å². The Labute approximate surface area is 47.9 Å². The minimum Gasteiger partial charge on any atom is -0.789 e. The van der Waals surface area contributed by atoms with Crippen LogP contribution in [0, 0.1) is 0 Å². The summed E-state index contributed by atoms with van der Waals surface area (Å²) in [6.07, 6.45) is 0. The average molecular weight is 187 g/mol. The molecule has 0 bridgehead atoms. The Balaban J connectivity index is 0. The van der Waals surface area contributed by atoms with Crippen molar-refractivity contribution in [2.24, 2.45) is 0 Å². The molecule has 0 aliphatic carbocycles. The maximum absolute atomic E-state index is 8.67. The molecule has 0 aromatic rings. The monoisotopic (exact) mass is 186 g/mol. The van der Waals surface area contributed by atoms with Gasteiger partial charge in [-0.2, -0.15) is 11.3 Å². The molecule has 0 aliphatic heterocycles. The van der Waals surface area contributed by atoms with Crippen LogP contribution < -0.4 is 0 Å². The molecular formula is HAgNO2S-. The zero-order valence-electron chi connectivity index (χ0n) is 2.03. The van der Waals surface area contributed by atoms with Gasteiger partial charge in [0.2, 0.25) is 0 Å². The van der Waals surface area contributed by atoms with Gasteiger partial charge in [-0.25, -0.2) is 0 Å². The Morgan fingerprint density at radius 1 is 1.80 bits per heavy atom. The summed E-state index contributed by atoms with van der Waals surface area (Å²) in [5, 5.41) is 5.50. The van der Waals surface area contributed by atoms with Crippen LogP contribution in [0.1, 0.15) is 0 Å². The van der Waals surface area contributed by atoms with E-state index in [4.69, 9.17) is 13.9 Å². The minimum absolute atomic E-state index is 0. The fourth-order valence-electron chi connectivity index (χ4n) is 0. The fraction of sp³-hybridized carbons (Fsp3) is 0. The van der Waals surface area contributed by atoms with Crippen molar-refractivity contribution >= 4 is 11.3 Å². The quantitative estimate of drug-likeness (QED) is 0.390. The molecule has 1 unspecified atom stereocenters. The molecular weight excluding hydrogens is 186 g/mol. The first-order valence-electron chi connectivity index (χ1n) is 0.537. The second-order valence-corrected chi connectivity index (χ2v) is 0.704. The Bertz CT molecular complexity index is 32.6. The summed E-state index contributed by atoms with van der Waals surface area (Å²) in [4.78, 5) is 0. The zero-order chi connectivity index (χ0) is 3.58. The van der Waals surface area contributed by atoms with Gasteiger partial charge in [0, 0.05) is 0 Å². The summed E-state index contributed by atoms with van der Waals surface area (Å²) < 4.78 is 17.3. The van der Waals surface area contributed by atoms with Gasteiger partial charge in [0.1, 0.15) is 0 Å². The normalized spacial score (nSPS) is 12.4. The van der Waals surface area contributed by atoms with E-state index in [9.17, 15) is 0 Å². The van der Waals surface area contributed by atoms with Gasteiger partial charge in [-0.1, -0.05) is 0 Å². The van der Waals surface area contributed by atoms with Gasteiger partial charge in [0.25, 0.3) is 0 Å². The summed E-state index contributed by atoms with van der Waals surface area (Å²) in [6, 6.07) is 0. The van der Waals surface area contributed by atoms with Crippen molar-refractivity contribution in [3.63, 3.8) is 0 Å². The number of hydrogen-bond donors (Lipinski definition) is 0. The summed E-state index contributed by atoms with van der Waals surface area (Å²) in [7, 11) is 0. The van der Waals surface area contributed by atoms with E-state index < -0.39 is 11.3 Å². The van der Waals surface area contributed by atoms with Crippen LogP contribution in [-0.2, 0) is 33.6 Å². The minimum atomic E-state index is -2.61. The predicted molar refractivity (Wildman–Crippen MR) is 13.2 cm³/mol. The predicted octanol–water partition coefficient (Wildman–Crippen LogP) is -0.170. The molecule has 0 saturated carbocycles. The first-order chi connectivity index (χ1) is 1.73. The van der Waals surface area contributed by atoms with Crippen LogP contribution in [0.15, 0.2) is 0 Å². The van der Waals surface area contributed by atoms with Crippen LogP contribution in [0.3, 0.4) is 0 Å². The Kier molecular flexibility index (Phi) is 8.91. The molecule has 0 heterocycles. The second kappa shape index (κ2) is 4.81. The summed E-state index contributed by atoms with van der Waals surface area (Å²) in [5.41, 5.74) is 0. The number of hydrogen-bond acceptors (Lipinski definition) is 2. The molecule has 5 heavy (non-hydrogen) atoms. The molecule has 0 fully saturated rings. The van der Waals surface area contributed by atoms with Crippen LogP contribution in [0.4, 0.5) is 0 Å². The molecule has 0 aromatic carbocycles. The molecule has 36 valence electrons. The Morgan fingerprint density at radius 3 is 1.80 bits per heavy atom. The van der Waals surface area contributed by atoms with Gasteiger partial charge < -0.3 is 9.69 Å². The van der Waals surface area contributed by atoms with Crippen molar-refractivity contribution in [3.05, 3.63) is 5.14 Å². The first-order valence-corrected chi connectivity index (χ1v) is 1.61. The molecule has 0 spiro atoms. The first kappa shape index (κ1) is 9.26. The molecule has 0 aromatic heterocycles. The second-order valence-electron chi connectivity index (χ2n) is 0.235. The Hall–Kier alpha value is 0.810. The summed E-state index contributed by atoms with van der Waals surface area (Å²) >= 11 is -2.61. The third-order valence-electron chi connectivity index (χ3n) is 0. The van der Waals surface area contributed by atoms with Crippen molar-refractivity contribution in [2.45, 2.75) is 0 Å². The molecule has 1 N–H and O–H groups in total. The van der Waals surface area contributed by atoms with E-state index in [1.165, 1.54) is 0 Å². The molecule has 0 aliphatic rings. The van der Waals surface area contributed by atoms with E-state index >= 15 is 0 Å². The Morgan fingerprint density at radius 2 is 1.80 bits per heavy atom.